The molecule has 2 rings (SSSR count). The Balaban J connectivity index is 1.67. The lowest BCUT2D eigenvalue weighted by Crippen LogP contribution is -2.39. The maximum absolute atomic E-state index is 5.54. The smallest absolute Gasteiger partial charge is 0.0506 e. The van der Waals surface area contributed by atoms with Crippen LogP contribution in [0.15, 0.2) is 0 Å². The highest BCUT2D eigenvalue weighted by Crippen LogP contribution is 2.22. The van der Waals surface area contributed by atoms with Crippen LogP contribution in [0.3, 0.4) is 0 Å². The Hall–Kier alpha value is -0.0800. The van der Waals surface area contributed by atoms with Gasteiger partial charge < -0.3 is 9.64 Å². The maximum atomic E-state index is 5.54. The molecule has 0 aromatic carbocycles. The Labute approximate surface area is 94.0 Å². The fourth-order valence-electron chi connectivity index (χ4n) is 2.89. The molecule has 0 aromatic heterocycles. The second kappa shape index (κ2) is 5.86. The highest BCUT2D eigenvalue weighted by Gasteiger charge is 2.21. The molecule has 0 aliphatic carbocycles. The minimum atomic E-state index is 0.817. The van der Waals surface area contributed by atoms with E-state index < -0.39 is 0 Å². The van der Waals surface area contributed by atoms with E-state index in [1.54, 1.807) is 0 Å². The average molecular weight is 211 g/mol. The molecule has 1 unspecified atom stereocenters. The summed E-state index contributed by atoms with van der Waals surface area (Å²) in [5.74, 6) is 1.82. The first-order valence-corrected chi connectivity index (χ1v) is 6.68. The van der Waals surface area contributed by atoms with Crippen LogP contribution in [0.25, 0.3) is 0 Å². The summed E-state index contributed by atoms with van der Waals surface area (Å²) in [6, 6.07) is 0. The van der Waals surface area contributed by atoms with Gasteiger partial charge in [-0.1, -0.05) is 13.3 Å². The van der Waals surface area contributed by atoms with Crippen LogP contribution >= 0.6 is 0 Å². The Kier molecular flexibility index (Phi) is 4.45. The number of nitrogens with zero attached hydrogens (tertiary/aromatic N) is 1. The molecule has 0 radical (unpaired) electrons. The van der Waals surface area contributed by atoms with Crippen molar-refractivity contribution < 1.29 is 4.74 Å². The van der Waals surface area contributed by atoms with Gasteiger partial charge in [0.05, 0.1) is 6.61 Å². The van der Waals surface area contributed by atoms with Crippen molar-refractivity contribution in [2.75, 3.05) is 32.8 Å². The van der Waals surface area contributed by atoms with Gasteiger partial charge in [-0.3, -0.25) is 0 Å². The van der Waals surface area contributed by atoms with Gasteiger partial charge in [0.15, 0.2) is 0 Å². The van der Waals surface area contributed by atoms with Crippen molar-refractivity contribution in [3.05, 3.63) is 0 Å². The molecule has 0 spiro atoms. The number of hydrogen-bond acceptors (Lipinski definition) is 2. The largest absolute Gasteiger partial charge is 0.381 e. The lowest BCUT2D eigenvalue weighted by molar-refractivity contribution is 0.0326. The van der Waals surface area contributed by atoms with E-state index in [-0.39, 0.29) is 0 Å². The van der Waals surface area contributed by atoms with E-state index in [4.69, 9.17) is 4.74 Å². The molecule has 1 atom stereocenters. The van der Waals surface area contributed by atoms with Gasteiger partial charge in [-0.2, -0.15) is 0 Å². The fourth-order valence-corrected chi connectivity index (χ4v) is 2.89. The van der Waals surface area contributed by atoms with E-state index in [1.165, 1.54) is 51.7 Å². The highest BCUT2D eigenvalue weighted by atomic mass is 16.5. The standard InChI is InChI=1S/C13H25NO/c1-2-12-5-7-14(8-6-12)10-13-4-3-9-15-11-13/h12-13H,2-11H2,1H3. The number of piperidine rings is 1. The molecular weight excluding hydrogens is 186 g/mol. The second-order valence-corrected chi connectivity index (χ2v) is 5.24. The number of hydrogen-bond donors (Lipinski definition) is 0. The summed E-state index contributed by atoms with van der Waals surface area (Å²) in [5.41, 5.74) is 0. The van der Waals surface area contributed by atoms with Gasteiger partial charge in [0, 0.05) is 13.2 Å². The molecule has 0 bridgehead atoms. The van der Waals surface area contributed by atoms with Crippen molar-refractivity contribution in [3.63, 3.8) is 0 Å². The highest BCUT2D eigenvalue weighted by molar-refractivity contribution is 4.75. The molecule has 88 valence electrons. The van der Waals surface area contributed by atoms with Crippen LogP contribution in [-0.4, -0.2) is 37.7 Å². The van der Waals surface area contributed by atoms with Gasteiger partial charge in [-0.05, 0) is 50.6 Å². The van der Waals surface area contributed by atoms with Crippen molar-refractivity contribution in [1.82, 2.24) is 4.90 Å². The Morgan fingerprint density at radius 1 is 1.13 bits per heavy atom. The first-order chi connectivity index (χ1) is 7.38. The topological polar surface area (TPSA) is 12.5 Å². The van der Waals surface area contributed by atoms with E-state index in [9.17, 15) is 0 Å². The predicted octanol–water partition coefficient (Wildman–Crippen LogP) is 2.54. The molecule has 0 amide bonds. The van der Waals surface area contributed by atoms with Crippen LogP contribution in [0.4, 0.5) is 0 Å². The summed E-state index contributed by atoms with van der Waals surface area (Å²) in [5, 5.41) is 0. The molecular formula is C13H25NO. The summed E-state index contributed by atoms with van der Waals surface area (Å²) in [6.45, 7) is 8.28. The molecule has 2 saturated heterocycles. The summed E-state index contributed by atoms with van der Waals surface area (Å²) >= 11 is 0. The molecule has 2 nitrogen and oxygen atoms in total. The number of rotatable bonds is 3. The van der Waals surface area contributed by atoms with Gasteiger partial charge in [0.2, 0.25) is 0 Å². The number of likely N-dealkylation sites (tertiary alicyclic amines) is 1. The van der Waals surface area contributed by atoms with E-state index >= 15 is 0 Å². The van der Waals surface area contributed by atoms with Crippen LogP contribution in [0.2, 0.25) is 0 Å². The fraction of sp³-hybridized carbons (Fsp3) is 1.00. The van der Waals surface area contributed by atoms with Gasteiger partial charge in [-0.25, -0.2) is 0 Å². The van der Waals surface area contributed by atoms with Crippen molar-refractivity contribution >= 4 is 0 Å². The minimum absolute atomic E-state index is 0.817. The lowest BCUT2D eigenvalue weighted by atomic mass is 9.93. The summed E-state index contributed by atoms with van der Waals surface area (Å²) in [4.78, 5) is 2.66. The van der Waals surface area contributed by atoms with Crippen LogP contribution in [0.1, 0.15) is 39.0 Å². The zero-order chi connectivity index (χ0) is 10.5. The Bertz CT molecular complexity index is 169. The van der Waals surface area contributed by atoms with Crippen LogP contribution in [0, 0.1) is 11.8 Å². The van der Waals surface area contributed by atoms with Gasteiger partial charge >= 0.3 is 0 Å². The van der Waals surface area contributed by atoms with Crippen LogP contribution in [-0.2, 0) is 4.74 Å². The van der Waals surface area contributed by atoms with E-state index in [0.29, 0.717) is 0 Å². The summed E-state index contributed by atoms with van der Waals surface area (Å²) < 4.78 is 5.54. The minimum Gasteiger partial charge on any atom is -0.381 e. The zero-order valence-corrected chi connectivity index (χ0v) is 10.1. The maximum Gasteiger partial charge on any atom is 0.0506 e. The normalized spacial score (nSPS) is 30.6. The van der Waals surface area contributed by atoms with Crippen molar-refractivity contribution in [1.29, 1.82) is 0 Å². The summed E-state index contributed by atoms with van der Waals surface area (Å²) in [7, 11) is 0. The zero-order valence-electron chi connectivity index (χ0n) is 10.1. The molecule has 0 aromatic rings. The van der Waals surface area contributed by atoms with E-state index in [0.717, 1.165) is 25.0 Å². The van der Waals surface area contributed by atoms with Gasteiger partial charge in [0.25, 0.3) is 0 Å². The van der Waals surface area contributed by atoms with Crippen LogP contribution in [0.5, 0.6) is 0 Å². The first-order valence-electron chi connectivity index (χ1n) is 6.68. The van der Waals surface area contributed by atoms with Gasteiger partial charge in [-0.15, -0.1) is 0 Å². The van der Waals surface area contributed by atoms with E-state index in [2.05, 4.69) is 11.8 Å². The first kappa shape index (κ1) is 11.4. The molecule has 15 heavy (non-hydrogen) atoms. The van der Waals surface area contributed by atoms with E-state index in [1.807, 2.05) is 0 Å². The Morgan fingerprint density at radius 2 is 1.93 bits per heavy atom. The molecule has 0 saturated carbocycles. The molecule has 2 heteroatoms. The third kappa shape index (κ3) is 3.46. The third-order valence-corrected chi connectivity index (χ3v) is 4.06. The van der Waals surface area contributed by atoms with Gasteiger partial charge in [0.1, 0.15) is 0 Å². The molecule has 0 N–H and O–H groups in total. The molecule has 2 heterocycles. The summed E-state index contributed by atoms with van der Waals surface area (Å²) in [6.07, 6.45) is 6.87. The molecule has 2 aliphatic heterocycles. The third-order valence-electron chi connectivity index (χ3n) is 4.06. The van der Waals surface area contributed by atoms with Crippen molar-refractivity contribution in [3.8, 4) is 0 Å². The molecule has 2 fully saturated rings. The monoisotopic (exact) mass is 211 g/mol. The van der Waals surface area contributed by atoms with Crippen LogP contribution < -0.4 is 0 Å². The lowest BCUT2D eigenvalue weighted by Gasteiger charge is -2.35. The SMILES string of the molecule is CCC1CCN(CC2CCCOC2)CC1. The second-order valence-electron chi connectivity index (χ2n) is 5.24. The quantitative estimate of drug-likeness (QED) is 0.711. The predicted molar refractivity (Wildman–Crippen MR) is 63.0 cm³/mol. The number of ether oxygens (including phenoxy) is 1. The Morgan fingerprint density at radius 3 is 2.53 bits per heavy atom. The van der Waals surface area contributed by atoms with Crippen molar-refractivity contribution in [2.45, 2.75) is 39.0 Å². The average Bonchev–Trinajstić information content (AvgIpc) is 2.31. The molecule has 2 aliphatic rings. The van der Waals surface area contributed by atoms with Crippen molar-refractivity contribution in [2.24, 2.45) is 11.8 Å².